The van der Waals surface area contributed by atoms with Crippen LogP contribution in [0, 0.1) is 17.8 Å². The van der Waals surface area contributed by atoms with E-state index in [1.54, 1.807) is 52.6 Å². The number of aliphatic hydroxyl groups is 1. The van der Waals surface area contributed by atoms with Crippen LogP contribution >= 0.6 is 11.8 Å². The number of likely N-dealkylation sites (tertiary alicyclic amines) is 1. The van der Waals surface area contributed by atoms with Crippen LogP contribution in [0.1, 0.15) is 40.0 Å². The number of hydrogen-bond acceptors (Lipinski definition) is 5. The highest BCUT2D eigenvalue weighted by atomic mass is 32.2. The first-order valence-electron chi connectivity index (χ1n) is 12.1. The fraction of sp³-hybridized carbons (Fsp3) is 0.720. The topological polar surface area (TPSA) is 81.2 Å². The Morgan fingerprint density at radius 1 is 1.30 bits per heavy atom. The Bertz CT molecular complexity index is 805. The van der Waals surface area contributed by atoms with Crippen LogP contribution in [0.25, 0.3) is 0 Å². The molecule has 3 rings (SSSR count). The average molecular weight is 478 g/mol. The van der Waals surface area contributed by atoms with Gasteiger partial charge in [-0.3, -0.25) is 14.4 Å². The third-order valence-corrected chi connectivity index (χ3v) is 9.74. The summed E-state index contributed by atoms with van der Waals surface area (Å²) in [4.78, 5) is 46.5. The molecular weight excluding hydrogens is 438 g/mol. The summed E-state index contributed by atoms with van der Waals surface area (Å²) in [6, 6.07) is -1.20. The Morgan fingerprint density at radius 2 is 1.97 bits per heavy atom. The maximum atomic E-state index is 14.1. The second-order valence-corrected chi connectivity index (χ2v) is 11.3. The molecule has 0 saturated carbocycles. The molecule has 0 aromatic carbocycles. The molecule has 7 nitrogen and oxygen atoms in total. The first kappa shape index (κ1) is 25.8. The molecule has 184 valence electrons. The number of carbonyl (C=O) groups excluding carboxylic acids is 3. The number of unbranched alkanes of at least 4 members (excludes halogenated alkanes) is 1. The Balaban J connectivity index is 2.08. The Kier molecular flexibility index (Phi) is 7.99. The minimum absolute atomic E-state index is 0.0131. The maximum Gasteiger partial charge on any atom is 0.247 e. The zero-order valence-corrected chi connectivity index (χ0v) is 21.2. The fourth-order valence-electron chi connectivity index (χ4n) is 6.09. The molecule has 8 heteroatoms. The third kappa shape index (κ3) is 4.03. The number of likely N-dealkylation sites (N-methyl/N-ethyl adjacent to an activating group) is 1. The molecule has 3 aliphatic heterocycles. The van der Waals surface area contributed by atoms with Gasteiger partial charge in [-0.1, -0.05) is 32.4 Å². The second-order valence-electron chi connectivity index (χ2n) is 9.76. The number of aliphatic hydroxyl groups excluding tert-OH is 1. The first-order chi connectivity index (χ1) is 15.7. The minimum atomic E-state index is -0.693. The Hall–Kier alpha value is -1.80. The predicted octanol–water partition coefficient (Wildman–Crippen LogP) is 2.16. The Labute approximate surface area is 202 Å². The van der Waals surface area contributed by atoms with Gasteiger partial charge in [-0.05, 0) is 25.7 Å². The zero-order chi connectivity index (χ0) is 24.5. The second kappa shape index (κ2) is 10.2. The van der Waals surface area contributed by atoms with Gasteiger partial charge in [0.1, 0.15) is 6.04 Å². The lowest BCUT2D eigenvalue weighted by Crippen LogP contribution is -2.59. The van der Waals surface area contributed by atoms with Crippen LogP contribution in [-0.2, 0) is 14.4 Å². The van der Waals surface area contributed by atoms with Gasteiger partial charge in [0, 0.05) is 31.9 Å². The van der Waals surface area contributed by atoms with E-state index in [1.165, 1.54) is 0 Å². The number of thioether (sulfide) groups is 1. The number of nitrogens with zero attached hydrogens (tertiary/aromatic N) is 3. The molecule has 3 unspecified atom stereocenters. The van der Waals surface area contributed by atoms with Crippen molar-refractivity contribution >= 4 is 29.5 Å². The van der Waals surface area contributed by atoms with Gasteiger partial charge in [0.15, 0.2) is 0 Å². The number of fused-ring (bicyclic) bond motifs is 1. The van der Waals surface area contributed by atoms with Crippen molar-refractivity contribution in [2.45, 2.75) is 62.1 Å². The molecule has 7 atom stereocenters. The van der Waals surface area contributed by atoms with Gasteiger partial charge in [0.2, 0.25) is 17.7 Å². The van der Waals surface area contributed by atoms with E-state index in [0.717, 1.165) is 19.3 Å². The van der Waals surface area contributed by atoms with Crippen LogP contribution in [0.5, 0.6) is 0 Å². The quantitative estimate of drug-likeness (QED) is 0.461. The summed E-state index contributed by atoms with van der Waals surface area (Å²) < 4.78 is -0.663. The van der Waals surface area contributed by atoms with Crippen LogP contribution in [0.15, 0.2) is 25.3 Å². The molecule has 3 saturated heterocycles. The molecule has 3 fully saturated rings. The summed E-state index contributed by atoms with van der Waals surface area (Å²) in [5.74, 6) is -1.23. The van der Waals surface area contributed by atoms with Crippen molar-refractivity contribution in [3.63, 3.8) is 0 Å². The summed E-state index contributed by atoms with van der Waals surface area (Å²) in [7, 11) is 1.74. The molecule has 3 heterocycles. The summed E-state index contributed by atoms with van der Waals surface area (Å²) >= 11 is 1.67. The van der Waals surface area contributed by atoms with Crippen molar-refractivity contribution in [2.24, 2.45) is 17.8 Å². The van der Waals surface area contributed by atoms with Gasteiger partial charge < -0.3 is 19.8 Å². The van der Waals surface area contributed by atoms with Gasteiger partial charge >= 0.3 is 0 Å². The lowest BCUT2D eigenvalue weighted by Gasteiger charge is -2.41. The molecule has 2 bridgehead atoms. The monoisotopic (exact) mass is 477 g/mol. The zero-order valence-electron chi connectivity index (χ0n) is 20.4. The SMILES string of the molecule is C=CCN(C)C(=O)[C@@H]1[C@H]2C(=O)N([C@H](C)CO)C(C(=O)N(CC=C)CCCC)C23S[C@@H]1CC3C. The number of amides is 3. The van der Waals surface area contributed by atoms with E-state index in [1.807, 2.05) is 0 Å². The van der Waals surface area contributed by atoms with Gasteiger partial charge in [-0.2, -0.15) is 0 Å². The van der Waals surface area contributed by atoms with Crippen molar-refractivity contribution in [1.29, 1.82) is 0 Å². The highest BCUT2D eigenvalue weighted by molar-refractivity contribution is 8.02. The van der Waals surface area contributed by atoms with Crippen molar-refractivity contribution in [1.82, 2.24) is 14.7 Å². The van der Waals surface area contributed by atoms with Crippen molar-refractivity contribution in [3.8, 4) is 0 Å². The fourth-order valence-corrected chi connectivity index (χ4v) is 8.49. The lowest BCUT2D eigenvalue weighted by molar-refractivity contribution is -0.146. The van der Waals surface area contributed by atoms with Gasteiger partial charge in [-0.15, -0.1) is 24.9 Å². The molecule has 1 N–H and O–H groups in total. The van der Waals surface area contributed by atoms with E-state index in [9.17, 15) is 19.5 Å². The molecule has 0 aromatic heterocycles. The van der Waals surface area contributed by atoms with Gasteiger partial charge in [-0.25, -0.2) is 0 Å². The average Bonchev–Trinajstić information content (AvgIpc) is 3.39. The molecule has 0 aliphatic carbocycles. The Morgan fingerprint density at radius 3 is 2.55 bits per heavy atom. The third-order valence-electron chi connectivity index (χ3n) is 7.66. The molecule has 33 heavy (non-hydrogen) atoms. The molecule has 0 radical (unpaired) electrons. The predicted molar refractivity (Wildman–Crippen MR) is 132 cm³/mol. The van der Waals surface area contributed by atoms with Gasteiger partial charge in [0.25, 0.3) is 0 Å². The van der Waals surface area contributed by atoms with Crippen LogP contribution in [0.4, 0.5) is 0 Å². The molecule has 1 spiro atoms. The summed E-state index contributed by atoms with van der Waals surface area (Å²) in [5.41, 5.74) is 0. The first-order valence-corrected chi connectivity index (χ1v) is 12.9. The number of rotatable bonds is 11. The molecular formula is C25H39N3O4S. The van der Waals surface area contributed by atoms with Gasteiger partial charge in [0.05, 0.1) is 29.2 Å². The number of hydrogen-bond donors (Lipinski definition) is 1. The summed E-state index contributed by atoms with van der Waals surface area (Å²) in [6.07, 6.45) is 6.02. The van der Waals surface area contributed by atoms with Crippen molar-refractivity contribution in [3.05, 3.63) is 25.3 Å². The van der Waals surface area contributed by atoms with E-state index in [0.29, 0.717) is 19.6 Å². The van der Waals surface area contributed by atoms with Crippen LogP contribution in [0.2, 0.25) is 0 Å². The largest absolute Gasteiger partial charge is 0.394 e. The van der Waals surface area contributed by atoms with Crippen molar-refractivity contribution < 1.29 is 19.5 Å². The number of carbonyl (C=O) groups is 3. The van der Waals surface area contributed by atoms with E-state index in [-0.39, 0.29) is 35.5 Å². The minimum Gasteiger partial charge on any atom is -0.394 e. The molecule has 3 amide bonds. The molecule has 0 aromatic rings. The highest BCUT2D eigenvalue weighted by Crippen LogP contribution is 2.69. The lowest BCUT2D eigenvalue weighted by atomic mass is 9.65. The highest BCUT2D eigenvalue weighted by Gasteiger charge is 2.76. The summed E-state index contributed by atoms with van der Waals surface area (Å²) in [5, 5.41) is 10.0. The standard InChI is InChI=1S/C25H39N3O4S/c1-7-10-13-27(12-9-3)24(32)21-25-16(4)14-18(33-25)19(22(30)26(6)11-8-2)20(25)23(31)28(21)17(5)15-29/h8-9,16-21,29H,2-3,7,10-15H2,1,4-6H3/t16?,17-,18-,19+,20+,21?,25?/m1/s1. The van der Waals surface area contributed by atoms with E-state index in [4.69, 9.17) is 0 Å². The smallest absolute Gasteiger partial charge is 0.247 e. The van der Waals surface area contributed by atoms with Crippen LogP contribution in [0.3, 0.4) is 0 Å². The normalized spacial score (nSPS) is 33.1. The maximum absolute atomic E-state index is 14.1. The van der Waals surface area contributed by atoms with Crippen LogP contribution < -0.4 is 0 Å². The van der Waals surface area contributed by atoms with Crippen LogP contribution in [-0.4, -0.2) is 92.9 Å². The molecule has 3 aliphatic rings. The van der Waals surface area contributed by atoms with E-state index in [2.05, 4.69) is 27.0 Å². The van der Waals surface area contributed by atoms with E-state index >= 15 is 0 Å². The van der Waals surface area contributed by atoms with E-state index < -0.39 is 28.7 Å². The van der Waals surface area contributed by atoms with Crippen molar-refractivity contribution in [2.75, 3.05) is 33.3 Å². The summed E-state index contributed by atoms with van der Waals surface area (Å²) in [6.45, 7) is 14.7.